The van der Waals surface area contributed by atoms with Gasteiger partial charge in [-0.15, -0.1) is 0 Å². The Morgan fingerprint density at radius 1 is 1.44 bits per heavy atom. The molecule has 1 atom stereocenters. The van der Waals surface area contributed by atoms with Gasteiger partial charge in [0, 0.05) is 13.1 Å². The van der Waals surface area contributed by atoms with Gasteiger partial charge in [0.1, 0.15) is 0 Å². The van der Waals surface area contributed by atoms with Crippen LogP contribution in [0.15, 0.2) is 0 Å². The zero-order valence-corrected chi connectivity index (χ0v) is 10.6. The Kier molecular flexibility index (Phi) is 3.53. The molecule has 1 heterocycles. The standard InChI is InChI=1S/C13H24N2O/c1-3-13(7-4-5-8-13)10-15-9-6-11(14-2)12(15)16/h11,14H,3-10H2,1-2H3. The lowest BCUT2D eigenvalue weighted by Crippen LogP contribution is -2.41. The van der Waals surface area contributed by atoms with Crippen molar-refractivity contribution in [1.29, 1.82) is 0 Å². The third kappa shape index (κ3) is 2.10. The van der Waals surface area contributed by atoms with Gasteiger partial charge in [-0.25, -0.2) is 0 Å². The van der Waals surface area contributed by atoms with Gasteiger partial charge in [0.2, 0.25) is 5.91 Å². The molecule has 1 amide bonds. The molecular weight excluding hydrogens is 200 g/mol. The molecule has 3 nitrogen and oxygen atoms in total. The highest BCUT2D eigenvalue weighted by atomic mass is 16.2. The third-order valence-electron chi connectivity index (χ3n) is 4.59. The molecule has 0 aromatic rings. The van der Waals surface area contributed by atoms with Crippen LogP contribution in [0.1, 0.15) is 45.4 Å². The Morgan fingerprint density at radius 2 is 2.12 bits per heavy atom. The van der Waals surface area contributed by atoms with Crippen LogP contribution in [0, 0.1) is 5.41 Å². The topological polar surface area (TPSA) is 32.3 Å². The number of hydrogen-bond acceptors (Lipinski definition) is 2. The summed E-state index contributed by atoms with van der Waals surface area (Å²) in [6.45, 7) is 4.23. The molecule has 1 unspecified atom stereocenters. The lowest BCUT2D eigenvalue weighted by Gasteiger charge is -2.32. The number of likely N-dealkylation sites (tertiary alicyclic amines) is 1. The van der Waals surface area contributed by atoms with Crippen LogP contribution in [0.4, 0.5) is 0 Å². The summed E-state index contributed by atoms with van der Waals surface area (Å²) in [4.78, 5) is 14.1. The van der Waals surface area contributed by atoms with Crippen LogP contribution in [0.5, 0.6) is 0 Å². The van der Waals surface area contributed by atoms with Crippen LogP contribution in [0.25, 0.3) is 0 Å². The summed E-state index contributed by atoms with van der Waals surface area (Å²) < 4.78 is 0. The SMILES string of the molecule is CCC1(CN2CCC(NC)C2=O)CCCC1. The van der Waals surface area contributed by atoms with Gasteiger partial charge >= 0.3 is 0 Å². The molecule has 92 valence electrons. The molecule has 16 heavy (non-hydrogen) atoms. The fourth-order valence-corrected chi connectivity index (χ4v) is 3.32. The molecule has 0 aromatic heterocycles. The van der Waals surface area contributed by atoms with E-state index in [1.165, 1.54) is 32.1 Å². The molecule has 0 spiro atoms. The zero-order chi connectivity index (χ0) is 11.6. The monoisotopic (exact) mass is 224 g/mol. The maximum absolute atomic E-state index is 12.0. The van der Waals surface area contributed by atoms with E-state index in [0.717, 1.165) is 19.5 Å². The van der Waals surface area contributed by atoms with E-state index in [1.54, 1.807) is 0 Å². The van der Waals surface area contributed by atoms with Crippen molar-refractivity contribution in [3.05, 3.63) is 0 Å². The van der Waals surface area contributed by atoms with Gasteiger partial charge < -0.3 is 10.2 Å². The van der Waals surface area contributed by atoms with E-state index in [0.29, 0.717) is 11.3 Å². The van der Waals surface area contributed by atoms with Crippen LogP contribution >= 0.6 is 0 Å². The Bertz CT molecular complexity index is 259. The largest absolute Gasteiger partial charge is 0.341 e. The van der Waals surface area contributed by atoms with Crippen molar-refractivity contribution in [1.82, 2.24) is 10.2 Å². The molecular formula is C13H24N2O. The number of carbonyl (C=O) groups excluding carboxylic acids is 1. The van der Waals surface area contributed by atoms with Gasteiger partial charge in [0.15, 0.2) is 0 Å². The minimum Gasteiger partial charge on any atom is -0.341 e. The van der Waals surface area contributed by atoms with E-state index >= 15 is 0 Å². The molecule has 0 bridgehead atoms. The normalized spacial score (nSPS) is 29.0. The fraction of sp³-hybridized carbons (Fsp3) is 0.923. The first-order valence-electron chi connectivity index (χ1n) is 6.67. The number of likely N-dealkylation sites (N-methyl/N-ethyl adjacent to an activating group) is 1. The van der Waals surface area contributed by atoms with Crippen molar-refractivity contribution in [2.75, 3.05) is 20.1 Å². The van der Waals surface area contributed by atoms with Crippen molar-refractivity contribution >= 4 is 5.91 Å². The molecule has 1 aliphatic carbocycles. The number of nitrogens with one attached hydrogen (secondary N) is 1. The minimum absolute atomic E-state index is 0.0790. The second kappa shape index (κ2) is 4.74. The van der Waals surface area contributed by atoms with Gasteiger partial charge in [-0.1, -0.05) is 19.8 Å². The Balaban J connectivity index is 1.97. The molecule has 0 radical (unpaired) electrons. The van der Waals surface area contributed by atoms with E-state index in [2.05, 4.69) is 17.1 Å². The average Bonchev–Trinajstić information content (AvgIpc) is 2.89. The van der Waals surface area contributed by atoms with Crippen molar-refractivity contribution in [2.24, 2.45) is 5.41 Å². The summed E-state index contributed by atoms with van der Waals surface area (Å²) in [6, 6.07) is 0.0790. The quantitative estimate of drug-likeness (QED) is 0.789. The summed E-state index contributed by atoms with van der Waals surface area (Å²) in [5.74, 6) is 0.322. The second-order valence-electron chi connectivity index (χ2n) is 5.45. The highest BCUT2D eigenvalue weighted by Crippen LogP contribution is 2.42. The number of carbonyl (C=O) groups is 1. The van der Waals surface area contributed by atoms with E-state index in [9.17, 15) is 4.79 Å². The molecule has 1 N–H and O–H groups in total. The van der Waals surface area contributed by atoms with Gasteiger partial charge in [-0.3, -0.25) is 4.79 Å². The summed E-state index contributed by atoms with van der Waals surface area (Å²) in [7, 11) is 1.89. The Morgan fingerprint density at radius 3 is 2.62 bits per heavy atom. The first-order chi connectivity index (χ1) is 7.71. The van der Waals surface area contributed by atoms with E-state index in [1.807, 2.05) is 7.05 Å². The highest BCUT2D eigenvalue weighted by Gasteiger charge is 2.38. The first-order valence-corrected chi connectivity index (χ1v) is 6.67. The summed E-state index contributed by atoms with van der Waals surface area (Å²) in [6.07, 6.45) is 7.54. The lowest BCUT2D eigenvalue weighted by molar-refractivity contribution is -0.130. The second-order valence-corrected chi connectivity index (χ2v) is 5.45. The van der Waals surface area contributed by atoms with Crippen LogP contribution in [-0.2, 0) is 4.79 Å². The number of nitrogens with zero attached hydrogens (tertiary/aromatic N) is 1. The summed E-state index contributed by atoms with van der Waals surface area (Å²) in [5, 5.41) is 3.11. The van der Waals surface area contributed by atoms with Crippen molar-refractivity contribution in [3.63, 3.8) is 0 Å². The van der Waals surface area contributed by atoms with E-state index < -0.39 is 0 Å². The Labute approximate surface area is 98.6 Å². The predicted molar refractivity (Wildman–Crippen MR) is 65.2 cm³/mol. The van der Waals surface area contributed by atoms with Crippen molar-refractivity contribution in [2.45, 2.75) is 51.5 Å². The lowest BCUT2D eigenvalue weighted by atomic mass is 9.83. The number of hydrogen-bond donors (Lipinski definition) is 1. The first kappa shape index (κ1) is 11.9. The van der Waals surface area contributed by atoms with Gasteiger partial charge in [0.25, 0.3) is 0 Å². The Hall–Kier alpha value is -0.570. The number of amides is 1. The van der Waals surface area contributed by atoms with Crippen LogP contribution < -0.4 is 5.32 Å². The fourth-order valence-electron chi connectivity index (χ4n) is 3.32. The summed E-state index contributed by atoms with van der Waals surface area (Å²) >= 11 is 0. The maximum Gasteiger partial charge on any atom is 0.239 e. The molecule has 1 saturated heterocycles. The average molecular weight is 224 g/mol. The molecule has 0 aromatic carbocycles. The maximum atomic E-state index is 12.0. The van der Waals surface area contributed by atoms with Crippen LogP contribution in [0.2, 0.25) is 0 Å². The van der Waals surface area contributed by atoms with E-state index in [-0.39, 0.29) is 6.04 Å². The van der Waals surface area contributed by atoms with Crippen LogP contribution in [-0.4, -0.2) is 37.0 Å². The van der Waals surface area contributed by atoms with Gasteiger partial charge in [-0.2, -0.15) is 0 Å². The van der Waals surface area contributed by atoms with E-state index in [4.69, 9.17) is 0 Å². The molecule has 3 heteroatoms. The highest BCUT2D eigenvalue weighted by molar-refractivity contribution is 5.83. The molecule has 2 fully saturated rings. The molecule has 2 rings (SSSR count). The predicted octanol–water partition coefficient (Wildman–Crippen LogP) is 1.78. The summed E-state index contributed by atoms with van der Waals surface area (Å²) in [5.41, 5.74) is 0.443. The number of rotatable bonds is 4. The minimum atomic E-state index is 0.0790. The third-order valence-corrected chi connectivity index (χ3v) is 4.59. The van der Waals surface area contributed by atoms with Gasteiger partial charge in [-0.05, 0) is 38.1 Å². The smallest absolute Gasteiger partial charge is 0.239 e. The zero-order valence-electron chi connectivity index (χ0n) is 10.6. The van der Waals surface area contributed by atoms with Crippen LogP contribution in [0.3, 0.4) is 0 Å². The van der Waals surface area contributed by atoms with Crippen molar-refractivity contribution in [3.8, 4) is 0 Å². The van der Waals surface area contributed by atoms with Gasteiger partial charge in [0.05, 0.1) is 6.04 Å². The molecule has 2 aliphatic rings. The molecule has 1 aliphatic heterocycles. The van der Waals surface area contributed by atoms with Crippen molar-refractivity contribution < 1.29 is 4.79 Å². The molecule has 1 saturated carbocycles.